The van der Waals surface area contributed by atoms with E-state index >= 15 is 0 Å². The Morgan fingerprint density at radius 2 is 1.33 bits per heavy atom. The lowest BCUT2D eigenvalue weighted by Gasteiger charge is -2.09. The van der Waals surface area contributed by atoms with Crippen molar-refractivity contribution in [2.75, 3.05) is 14.2 Å². The van der Waals surface area contributed by atoms with Crippen molar-refractivity contribution in [1.82, 2.24) is 0 Å². The fourth-order valence-electron chi connectivity index (χ4n) is 1.76. The number of aromatic hydroxyl groups is 1. The SMILES string of the molecule is COc1ccc(S(=O)(=O)OS(=O)(=O)c2ccc(OC)c(O)c2)cc1. The van der Waals surface area contributed by atoms with Gasteiger partial charge in [-0.15, -0.1) is 3.63 Å². The zero-order chi connectivity index (χ0) is 18.0. The number of hydrogen-bond acceptors (Lipinski definition) is 8. The molecule has 0 aromatic heterocycles. The van der Waals surface area contributed by atoms with Crippen LogP contribution in [0.3, 0.4) is 0 Å². The highest BCUT2D eigenvalue weighted by Gasteiger charge is 2.27. The Bertz CT molecular complexity index is 931. The molecule has 130 valence electrons. The molecule has 0 fully saturated rings. The van der Waals surface area contributed by atoms with E-state index in [4.69, 9.17) is 9.47 Å². The first kappa shape index (κ1) is 18.0. The van der Waals surface area contributed by atoms with Gasteiger partial charge in [-0.1, -0.05) is 0 Å². The minimum absolute atomic E-state index is 0.0342. The van der Waals surface area contributed by atoms with Crippen LogP contribution in [-0.4, -0.2) is 36.2 Å². The molecule has 10 heteroatoms. The first-order chi connectivity index (χ1) is 11.2. The fourth-order valence-corrected chi connectivity index (χ4v) is 4.30. The summed E-state index contributed by atoms with van der Waals surface area (Å²) in [5.74, 6) is -0.0344. The molecule has 0 aliphatic carbocycles. The number of phenolic OH excluding ortho intramolecular Hbond substituents is 1. The van der Waals surface area contributed by atoms with Gasteiger partial charge in [0, 0.05) is 6.07 Å². The van der Waals surface area contributed by atoms with E-state index in [1.165, 1.54) is 32.4 Å². The van der Waals surface area contributed by atoms with Crippen molar-refractivity contribution >= 4 is 20.2 Å². The van der Waals surface area contributed by atoms with E-state index in [2.05, 4.69) is 3.63 Å². The third kappa shape index (κ3) is 3.78. The lowest BCUT2D eigenvalue weighted by Crippen LogP contribution is -2.14. The van der Waals surface area contributed by atoms with Gasteiger partial charge < -0.3 is 14.6 Å². The Hall–Kier alpha value is -2.30. The van der Waals surface area contributed by atoms with Crippen molar-refractivity contribution in [1.29, 1.82) is 0 Å². The van der Waals surface area contributed by atoms with Gasteiger partial charge in [-0.3, -0.25) is 0 Å². The average Bonchev–Trinajstić information content (AvgIpc) is 2.54. The molecule has 0 bridgehead atoms. The molecule has 0 radical (unpaired) electrons. The van der Waals surface area contributed by atoms with Gasteiger partial charge in [-0.2, -0.15) is 16.8 Å². The Labute approximate surface area is 139 Å². The van der Waals surface area contributed by atoms with E-state index in [-0.39, 0.29) is 10.6 Å². The first-order valence-electron chi connectivity index (χ1n) is 6.42. The topological polar surface area (TPSA) is 116 Å². The lowest BCUT2D eigenvalue weighted by atomic mass is 10.3. The molecule has 2 aromatic carbocycles. The fraction of sp³-hybridized carbons (Fsp3) is 0.143. The number of methoxy groups -OCH3 is 2. The number of rotatable bonds is 6. The number of ether oxygens (including phenoxy) is 2. The van der Waals surface area contributed by atoms with Crippen LogP contribution in [0, 0.1) is 0 Å². The molecular weight excluding hydrogens is 360 g/mol. The summed E-state index contributed by atoms with van der Waals surface area (Å²) in [6.45, 7) is 0. The smallest absolute Gasteiger partial charge is 0.311 e. The van der Waals surface area contributed by atoms with Crippen molar-refractivity contribution in [3.63, 3.8) is 0 Å². The Balaban J connectivity index is 2.34. The van der Waals surface area contributed by atoms with E-state index in [1.54, 1.807) is 0 Å². The quantitative estimate of drug-likeness (QED) is 0.809. The molecule has 2 aromatic rings. The maximum Gasteiger partial charge on any atom is 0.311 e. The third-order valence-electron chi connectivity index (χ3n) is 2.97. The third-order valence-corrected chi connectivity index (χ3v) is 6.08. The summed E-state index contributed by atoms with van der Waals surface area (Å²) in [5, 5.41) is 9.62. The summed E-state index contributed by atoms with van der Waals surface area (Å²) < 4.78 is 62.5. The monoisotopic (exact) mass is 374 g/mol. The second kappa shape index (κ2) is 6.67. The van der Waals surface area contributed by atoms with E-state index in [0.29, 0.717) is 5.75 Å². The van der Waals surface area contributed by atoms with Crippen LogP contribution in [-0.2, 0) is 23.9 Å². The van der Waals surface area contributed by atoms with Crippen LogP contribution in [0.15, 0.2) is 52.3 Å². The number of hydrogen-bond donors (Lipinski definition) is 1. The largest absolute Gasteiger partial charge is 0.504 e. The van der Waals surface area contributed by atoms with Crippen LogP contribution in [0.5, 0.6) is 17.2 Å². The highest BCUT2D eigenvalue weighted by atomic mass is 32.3. The molecule has 0 aliphatic rings. The molecule has 24 heavy (non-hydrogen) atoms. The van der Waals surface area contributed by atoms with Gasteiger partial charge in [0.25, 0.3) is 0 Å². The van der Waals surface area contributed by atoms with Crippen LogP contribution in [0.2, 0.25) is 0 Å². The van der Waals surface area contributed by atoms with Crippen molar-refractivity contribution in [2.45, 2.75) is 9.79 Å². The predicted octanol–water partition coefficient (Wildman–Crippen LogP) is 1.50. The standard InChI is InChI=1S/C14H14O8S2/c1-20-10-3-5-11(6-4-10)23(16,17)22-24(18,19)12-7-8-14(21-2)13(15)9-12/h3-9,15H,1-2H3. The summed E-state index contributed by atoms with van der Waals surface area (Å²) in [5.41, 5.74) is 0. The van der Waals surface area contributed by atoms with Crippen LogP contribution in [0.25, 0.3) is 0 Å². The van der Waals surface area contributed by atoms with Crippen molar-refractivity contribution in [3.05, 3.63) is 42.5 Å². The van der Waals surface area contributed by atoms with E-state index < -0.39 is 30.9 Å². The summed E-state index contributed by atoms with van der Waals surface area (Å²) in [6, 6.07) is 8.05. The molecule has 0 saturated carbocycles. The molecule has 0 aliphatic heterocycles. The van der Waals surface area contributed by atoms with Crippen molar-refractivity contribution in [3.8, 4) is 17.2 Å². The molecule has 0 heterocycles. The maximum atomic E-state index is 12.1. The second-order valence-electron chi connectivity index (χ2n) is 4.49. The molecule has 0 saturated heterocycles. The minimum Gasteiger partial charge on any atom is -0.504 e. The normalized spacial score (nSPS) is 11.9. The Morgan fingerprint density at radius 1 is 0.792 bits per heavy atom. The first-order valence-corrected chi connectivity index (χ1v) is 9.23. The average molecular weight is 374 g/mol. The maximum absolute atomic E-state index is 12.1. The van der Waals surface area contributed by atoms with Crippen LogP contribution in [0.4, 0.5) is 0 Å². The summed E-state index contributed by atoms with van der Waals surface area (Å²) in [7, 11) is -6.55. The van der Waals surface area contributed by atoms with Gasteiger partial charge >= 0.3 is 20.2 Å². The number of benzene rings is 2. The van der Waals surface area contributed by atoms with Crippen LogP contribution in [0.1, 0.15) is 0 Å². The second-order valence-corrected chi connectivity index (χ2v) is 7.79. The molecule has 0 atom stereocenters. The van der Waals surface area contributed by atoms with E-state index in [9.17, 15) is 21.9 Å². The molecule has 1 N–H and O–H groups in total. The molecule has 0 unspecified atom stereocenters. The zero-order valence-electron chi connectivity index (χ0n) is 12.7. The number of phenols is 1. The molecule has 8 nitrogen and oxygen atoms in total. The lowest BCUT2D eigenvalue weighted by molar-refractivity contribution is 0.372. The van der Waals surface area contributed by atoms with Gasteiger partial charge in [0.15, 0.2) is 11.5 Å². The Morgan fingerprint density at radius 3 is 1.83 bits per heavy atom. The van der Waals surface area contributed by atoms with Gasteiger partial charge in [0.05, 0.1) is 24.0 Å². The van der Waals surface area contributed by atoms with Gasteiger partial charge in [0.1, 0.15) is 5.75 Å². The molecule has 0 spiro atoms. The van der Waals surface area contributed by atoms with Gasteiger partial charge in [-0.05, 0) is 36.4 Å². The van der Waals surface area contributed by atoms with E-state index in [1.807, 2.05) is 0 Å². The predicted molar refractivity (Wildman–Crippen MR) is 83.1 cm³/mol. The minimum atomic E-state index is -4.66. The summed E-state index contributed by atoms with van der Waals surface area (Å²) >= 11 is 0. The molecule has 2 rings (SSSR count). The highest BCUT2D eigenvalue weighted by Crippen LogP contribution is 2.30. The van der Waals surface area contributed by atoms with Crippen molar-refractivity contribution in [2.24, 2.45) is 0 Å². The molecular formula is C14H14O8S2. The van der Waals surface area contributed by atoms with Crippen molar-refractivity contribution < 1.29 is 35.0 Å². The van der Waals surface area contributed by atoms with Gasteiger partial charge in [0.2, 0.25) is 0 Å². The summed E-state index contributed by atoms with van der Waals surface area (Å²) in [4.78, 5) is -0.887. The van der Waals surface area contributed by atoms with Gasteiger partial charge in [-0.25, -0.2) is 0 Å². The molecule has 0 amide bonds. The Kier molecular flexibility index (Phi) is 5.02. The van der Waals surface area contributed by atoms with E-state index in [0.717, 1.165) is 24.3 Å². The zero-order valence-corrected chi connectivity index (χ0v) is 14.3. The van der Waals surface area contributed by atoms with Crippen LogP contribution >= 0.6 is 0 Å². The summed E-state index contributed by atoms with van der Waals surface area (Å²) in [6.07, 6.45) is 0. The van der Waals surface area contributed by atoms with Crippen LogP contribution < -0.4 is 9.47 Å². The highest BCUT2D eigenvalue weighted by molar-refractivity contribution is 7.99.